The number of nitrogens with one attached hydrogen (secondary N) is 1. The normalized spacial score (nSPS) is 16.4. The highest BCUT2D eigenvalue weighted by Crippen LogP contribution is 2.30. The van der Waals surface area contributed by atoms with Gasteiger partial charge in [0, 0.05) is 18.3 Å². The van der Waals surface area contributed by atoms with Crippen LogP contribution >= 0.6 is 0 Å². The van der Waals surface area contributed by atoms with Gasteiger partial charge in [0.25, 0.3) is 10.0 Å². The quantitative estimate of drug-likeness (QED) is 0.761. The van der Waals surface area contributed by atoms with Gasteiger partial charge in [0.1, 0.15) is 16.4 Å². The predicted octanol–water partition coefficient (Wildman–Crippen LogP) is 2.43. The van der Waals surface area contributed by atoms with Gasteiger partial charge in [0.2, 0.25) is 10.0 Å². The number of ether oxygens (including phenoxy) is 2. The molecule has 3 rings (SSSR count). The molecule has 28 heavy (non-hydrogen) atoms. The molecule has 1 N–H and O–H groups in total. The van der Waals surface area contributed by atoms with Crippen LogP contribution in [0.5, 0.6) is 11.5 Å². The number of nitrogens with zero attached hydrogens (tertiary/aromatic N) is 1. The zero-order chi connectivity index (χ0) is 20.4. The highest BCUT2D eigenvalue weighted by atomic mass is 32.2. The van der Waals surface area contributed by atoms with Crippen molar-refractivity contribution in [2.24, 2.45) is 0 Å². The SMILES string of the molecule is COc1ccc(OC)c(S(=O)(=O)Nc2ccc(N3CCCCS3(=O)=O)cc2)c1. The Balaban J connectivity index is 1.86. The van der Waals surface area contributed by atoms with Crippen molar-refractivity contribution in [3.8, 4) is 11.5 Å². The van der Waals surface area contributed by atoms with Gasteiger partial charge in [-0.05, 0) is 49.2 Å². The zero-order valence-electron chi connectivity index (χ0n) is 15.6. The lowest BCUT2D eigenvalue weighted by atomic mass is 10.2. The molecular formula is C18H22N2O6S2. The number of hydrogen-bond donors (Lipinski definition) is 1. The lowest BCUT2D eigenvalue weighted by Gasteiger charge is -2.28. The van der Waals surface area contributed by atoms with Crippen LogP contribution in [0.3, 0.4) is 0 Å². The molecule has 0 radical (unpaired) electrons. The van der Waals surface area contributed by atoms with Gasteiger partial charge in [-0.1, -0.05) is 0 Å². The van der Waals surface area contributed by atoms with Gasteiger partial charge < -0.3 is 9.47 Å². The summed E-state index contributed by atoms with van der Waals surface area (Å²) in [5.74, 6) is 0.688. The highest BCUT2D eigenvalue weighted by molar-refractivity contribution is 7.93. The molecule has 0 saturated carbocycles. The minimum absolute atomic E-state index is 0.0583. The Kier molecular flexibility index (Phi) is 5.71. The largest absolute Gasteiger partial charge is 0.497 e. The topological polar surface area (TPSA) is 102 Å². The summed E-state index contributed by atoms with van der Waals surface area (Å²) in [5.41, 5.74) is 0.824. The second kappa shape index (κ2) is 7.88. The third-order valence-corrected chi connectivity index (χ3v) is 7.69. The summed E-state index contributed by atoms with van der Waals surface area (Å²) < 4.78 is 64.0. The molecule has 1 heterocycles. The Morgan fingerprint density at radius 3 is 2.32 bits per heavy atom. The molecule has 152 valence electrons. The average Bonchev–Trinajstić information content (AvgIpc) is 2.67. The number of sulfonamides is 2. The number of rotatable bonds is 6. The van der Waals surface area contributed by atoms with Gasteiger partial charge in [0.05, 0.1) is 25.7 Å². The fraction of sp³-hybridized carbons (Fsp3) is 0.333. The molecule has 0 amide bonds. The van der Waals surface area contributed by atoms with E-state index in [9.17, 15) is 16.8 Å². The minimum atomic E-state index is -3.94. The Labute approximate surface area is 165 Å². The minimum Gasteiger partial charge on any atom is -0.497 e. The predicted molar refractivity (Wildman–Crippen MR) is 107 cm³/mol. The smallest absolute Gasteiger partial charge is 0.265 e. The summed E-state index contributed by atoms with van der Waals surface area (Å²) in [7, 11) is -4.43. The van der Waals surface area contributed by atoms with Crippen molar-refractivity contribution in [1.82, 2.24) is 0 Å². The second-order valence-electron chi connectivity index (χ2n) is 6.26. The Bertz CT molecular complexity index is 1050. The molecule has 8 nitrogen and oxygen atoms in total. The van der Waals surface area contributed by atoms with Crippen LogP contribution in [0.15, 0.2) is 47.4 Å². The van der Waals surface area contributed by atoms with E-state index in [-0.39, 0.29) is 16.4 Å². The van der Waals surface area contributed by atoms with Crippen molar-refractivity contribution in [2.45, 2.75) is 17.7 Å². The lowest BCUT2D eigenvalue weighted by molar-refractivity contribution is 0.392. The molecule has 2 aromatic rings. The first-order valence-electron chi connectivity index (χ1n) is 8.62. The Hall–Kier alpha value is -2.46. The van der Waals surface area contributed by atoms with E-state index < -0.39 is 20.0 Å². The van der Waals surface area contributed by atoms with Gasteiger partial charge in [0.15, 0.2) is 0 Å². The number of hydrogen-bond acceptors (Lipinski definition) is 6. The molecule has 0 aromatic heterocycles. The molecule has 0 spiro atoms. The molecule has 1 fully saturated rings. The van der Waals surface area contributed by atoms with Crippen molar-refractivity contribution >= 4 is 31.4 Å². The van der Waals surface area contributed by atoms with E-state index in [1.54, 1.807) is 18.2 Å². The Morgan fingerprint density at radius 1 is 1.00 bits per heavy atom. The number of benzene rings is 2. The fourth-order valence-electron chi connectivity index (χ4n) is 2.98. The second-order valence-corrected chi connectivity index (χ2v) is 9.93. The lowest BCUT2D eigenvalue weighted by Crippen LogP contribution is -2.37. The molecule has 1 aliphatic heterocycles. The summed E-state index contributed by atoms with van der Waals surface area (Å²) in [6, 6.07) is 10.7. The van der Waals surface area contributed by atoms with Crippen LogP contribution in [0.25, 0.3) is 0 Å². The van der Waals surface area contributed by atoms with Gasteiger partial charge in [-0.3, -0.25) is 9.03 Å². The van der Waals surface area contributed by atoms with E-state index in [4.69, 9.17) is 9.47 Å². The van der Waals surface area contributed by atoms with Crippen molar-refractivity contribution < 1.29 is 26.3 Å². The summed E-state index contributed by atoms with van der Waals surface area (Å²) >= 11 is 0. The Morgan fingerprint density at radius 2 is 1.71 bits per heavy atom. The molecule has 0 bridgehead atoms. The third-order valence-electron chi connectivity index (χ3n) is 4.42. The summed E-state index contributed by atoms with van der Waals surface area (Å²) in [5, 5.41) is 0. The number of methoxy groups -OCH3 is 2. The van der Waals surface area contributed by atoms with Gasteiger partial charge in [-0.15, -0.1) is 0 Å². The fourth-order valence-corrected chi connectivity index (χ4v) is 5.86. The van der Waals surface area contributed by atoms with Gasteiger partial charge >= 0.3 is 0 Å². The molecule has 1 saturated heterocycles. The third kappa shape index (κ3) is 4.17. The highest BCUT2D eigenvalue weighted by Gasteiger charge is 2.26. The van der Waals surface area contributed by atoms with Crippen molar-refractivity contribution in [2.75, 3.05) is 35.5 Å². The van der Waals surface area contributed by atoms with E-state index in [1.807, 2.05) is 0 Å². The molecule has 2 aromatic carbocycles. The molecular weight excluding hydrogens is 404 g/mol. The molecule has 10 heteroatoms. The maximum absolute atomic E-state index is 12.8. The first-order chi connectivity index (χ1) is 13.3. The van der Waals surface area contributed by atoms with Crippen molar-refractivity contribution in [1.29, 1.82) is 0 Å². The average molecular weight is 427 g/mol. The maximum Gasteiger partial charge on any atom is 0.265 e. The van der Waals surface area contributed by atoms with E-state index in [0.29, 0.717) is 30.1 Å². The van der Waals surface area contributed by atoms with Crippen LogP contribution in [0.4, 0.5) is 11.4 Å². The standard InChI is InChI=1S/C18H22N2O6S2/c1-25-16-9-10-17(26-2)18(13-16)28(23,24)19-14-5-7-15(8-6-14)20-11-3-4-12-27(20,21)22/h5-10,13,19H,3-4,11-12H2,1-2H3. The summed E-state index contributed by atoms with van der Waals surface area (Å²) in [4.78, 5) is -0.0583. The maximum atomic E-state index is 12.8. The van der Waals surface area contributed by atoms with Crippen molar-refractivity contribution in [3.63, 3.8) is 0 Å². The summed E-state index contributed by atoms with van der Waals surface area (Å²) in [6.07, 6.45) is 1.45. The van der Waals surface area contributed by atoms with Crippen LogP contribution in [0.1, 0.15) is 12.8 Å². The van der Waals surface area contributed by atoms with E-state index in [1.165, 1.54) is 42.8 Å². The molecule has 0 aliphatic carbocycles. The van der Waals surface area contributed by atoms with E-state index >= 15 is 0 Å². The number of anilines is 2. The first kappa shape index (κ1) is 20.3. The molecule has 1 aliphatic rings. The van der Waals surface area contributed by atoms with Gasteiger partial charge in [-0.2, -0.15) is 0 Å². The van der Waals surface area contributed by atoms with Crippen LogP contribution in [0.2, 0.25) is 0 Å². The zero-order valence-corrected chi connectivity index (χ0v) is 17.2. The van der Waals surface area contributed by atoms with Crippen LogP contribution in [-0.2, 0) is 20.0 Å². The monoisotopic (exact) mass is 426 g/mol. The van der Waals surface area contributed by atoms with E-state index in [0.717, 1.165) is 6.42 Å². The van der Waals surface area contributed by atoms with Crippen LogP contribution in [0, 0.1) is 0 Å². The van der Waals surface area contributed by atoms with Crippen LogP contribution < -0.4 is 18.5 Å². The van der Waals surface area contributed by atoms with Crippen LogP contribution in [-0.4, -0.2) is 43.4 Å². The van der Waals surface area contributed by atoms with E-state index in [2.05, 4.69) is 4.72 Å². The summed E-state index contributed by atoms with van der Waals surface area (Å²) in [6.45, 7) is 0.425. The van der Waals surface area contributed by atoms with Crippen molar-refractivity contribution in [3.05, 3.63) is 42.5 Å². The first-order valence-corrected chi connectivity index (χ1v) is 11.7. The molecule has 0 atom stereocenters. The van der Waals surface area contributed by atoms with Gasteiger partial charge in [-0.25, -0.2) is 16.8 Å². The molecule has 0 unspecified atom stereocenters.